The van der Waals surface area contributed by atoms with Crippen molar-refractivity contribution in [2.24, 2.45) is 0 Å². The fourth-order valence-electron chi connectivity index (χ4n) is 7.81. The normalized spacial score (nSPS) is 22.8. The molecular weight excluding hydrogens is 912 g/mol. The minimum Gasteiger partial charge on any atom is -0.394 e. The van der Waals surface area contributed by atoms with E-state index in [1.807, 2.05) is 0 Å². The average molecular weight is 956 g/mol. The molecule has 0 bridgehead atoms. The number of anilines is 3. The topological polar surface area (TPSA) is 335 Å². The summed E-state index contributed by atoms with van der Waals surface area (Å²) < 4.78 is 58.6. The minimum absolute atomic E-state index is 0.0166. The van der Waals surface area contributed by atoms with Crippen LogP contribution in [0.5, 0.6) is 0 Å². The van der Waals surface area contributed by atoms with E-state index in [-0.39, 0.29) is 87.7 Å². The third-order valence-corrected chi connectivity index (χ3v) is 15.3. The molecule has 2 saturated heterocycles. The number of nitrogens with zero attached hydrogens (tertiary/aromatic N) is 6. The first-order chi connectivity index (χ1) is 31.1. The molecular formula is C39H43N9O14P2S. The number of aromatic nitrogens is 6. The van der Waals surface area contributed by atoms with Crippen molar-refractivity contribution in [1.29, 1.82) is 0 Å². The van der Waals surface area contributed by atoms with Crippen LogP contribution in [0.15, 0.2) is 72.2 Å². The van der Waals surface area contributed by atoms with E-state index < -0.39 is 70.4 Å². The van der Waals surface area contributed by atoms with Crippen LogP contribution in [-0.4, -0.2) is 105 Å². The van der Waals surface area contributed by atoms with Gasteiger partial charge in [0, 0.05) is 47.9 Å². The average Bonchev–Trinajstić information content (AvgIpc) is 4.00. The molecule has 65 heavy (non-hydrogen) atoms. The first-order valence-corrected chi connectivity index (χ1v) is 24.9. The van der Waals surface area contributed by atoms with Gasteiger partial charge in [0.15, 0.2) is 23.0 Å². The van der Waals surface area contributed by atoms with E-state index in [9.17, 15) is 43.2 Å². The van der Waals surface area contributed by atoms with Crippen LogP contribution in [0.25, 0.3) is 11.2 Å². The van der Waals surface area contributed by atoms with Crippen molar-refractivity contribution in [2.75, 3.05) is 35.8 Å². The zero-order chi connectivity index (χ0) is 46.0. The Kier molecular flexibility index (Phi) is 13.8. The van der Waals surface area contributed by atoms with Gasteiger partial charge in [-0.15, -0.1) is 0 Å². The van der Waals surface area contributed by atoms with Crippen molar-refractivity contribution in [3.8, 4) is 0 Å². The molecule has 8 rings (SSSR count). The summed E-state index contributed by atoms with van der Waals surface area (Å²) in [4.78, 5) is 87.9. The summed E-state index contributed by atoms with van der Waals surface area (Å²) in [6, 6.07) is 12.6. The van der Waals surface area contributed by atoms with Crippen LogP contribution < -0.4 is 22.5 Å². The number of unbranched alkanes of at least 4 members (excludes halogenated alkanes) is 2. The van der Waals surface area contributed by atoms with Crippen LogP contribution >= 0.6 is 26.0 Å². The van der Waals surface area contributed by atoms with E-state index in [1.165, 1.54) is 29.5 Å². The van der Waals surface area contributed by atoms with Gasteiger partial charge in [-0.25, -0.2) is 28.9 Å². The molecule has 0 saturated carbocycles. The Labute approximate surface area is 372 Å². The molecule has 5 aromatic rings. The molecule has 7 atom stereocenters. The van der Waals surface area contributed by atoms with Crippen LogP contribution in [0.4, 0.5) is 17.3 Å². The van der Waals surface area contributed by atoms with Gasteiger partial charge in [0.05, 0.1) is 30.8 Å². The van der Waals surface area contributed by atoms with E-state index in [0.717, 1.165) is 15.9 Å². The Bertz CT molecular complexity index is 2790. The standard InChI is InChI=1S/C39H43N9O14P2S/c40-29-12-13-47(39(53)46-29)31-15-25(27(17-49)59-31)62-64(57,58-18-28-26(61-63(54,55)56)16-32(60-28)48-20-44-34-37(41)42-19-43-38(34)48)65-14-5-1-2-11-30(50)45-24-10-6-9-23-33(24)36(52)22-8-4-3-7-21(22)35(23)51/h3-4,6-10,12-13,19-20,25-28,31-32,49H,1-2,5,11,14-18H2,(H,45,50)(H2,40,46,53)(H2,41,42,43)(H2,54,55,56)/t25-,26-,27+,28+,31+,32+,64?/m0/s1. The van der Waals surface area contributed by atoms with Gasteiger partial charge in [0.1, 0.15) is 54.5 Å². The Balaban J connectivity index is 0.929. The van der Waals surface area contributed by atoms with Crippen molar-refractivity contribution in [1.82, 2.24) is 29.1 Å². The lowest BCUT2D eigenvalue weighted by Crippen LogP contribution is -2.30. The van der Waals surface area contributed by atoms with E-state index in [0.29, 0.717) is 24.8 Å². The van der Waals surface area contributed by atoms with Crippen LogP contribution in [0.1, 0.15) is 82.8 Å². The minimum atomic E-state index is -5.09. The molecule has 3 aliphatic rings. The number of phosphoric acid groups is 1. The van der Waals surface area contributed by atoms with Crippen LogP contribution in [-0.2, 0) is 37.0 Å². The SMILES string of the molecule is Nc1ccn([C@H]2C[C@H](OP(=O)(OC[C@H]3O[C@@H](n4cnc5c(N)ncnc54)C[C@@H]3OP(=O)(O)O)SCCCCCC(=O)Nc3cccc4c3C(=O)c3ccccc3C4=O)[C@@H](CO)O2)c(=O)n1. The van der Waals surface area contributed by atoms with Gasteiger partial charge in [-0.3, -0.25) is 37.1 Å². The van der Waals surface area contributed by atoms with Gasteiger partial charge in [-0.2, -0.15) is 4.98 Å². The van der Waals surface area contributed by atoms with Crippen LogP contribution in [0, 0.1) is 0 Å². The second-order valence-corrected chi connectivity index (χ2v) is 20.5. The molecule has 3 aromatic heterocycles. The summed E-state index contributed by atoms with van der Waals surface area (Å²) in [5, 5.41) is 13.0. The van der Waals surface area contributed by atoms with Gasteiger partial charge >= 0.3 is 20.3 Å². The van der Waals surface area contributed by atoms with Crippen molar-refractivity contribution < 1.29 is 61.5 Å². The second kappa shape index (κ2) is 19.3. The molecule has 5 heterocycles. The van der Waals surface area contributed by atoms with Gasteiger partial charge in [-0.1, -0.05) is 42.8 Å². The summed E-state index contributed by atoms with van der Waals surface area (Å²) in [5.41, 5.74) is 12.5. The van der Waals surface area contributed by atoms with Gasteiger partial charge < -0.3 is 41.2 Å². The number of ether oxygens (including phenoxy) is 2. The number of carbonyl (C=O) groups excluding carboxylic acids is 3. The number of hydrogen-bond acceptors (Lipinski definition) is 19. The zero-order valence-electron chi connectivity index (χ0n) is 34.2. The Morgan fingerprint density at radius 2 is 1.57 bits per heavy atom. The lowest BCUT2D eigenvalue weighted by molar-refractivity contribution is -0.116. The number of ketones is 2. The van der Waals surface area contributed by atoms with Crippen molar-refractivity contribution in [3.05, 3.63) is 100 Å². The summed E-state index contributed by atoms with van der Waals surface area (Å²) in [6.45, 7) is -5.44. The lowest BCUT2D eigenvalue weighted by atomic mass is 9.83. The van der Waals surface area contributed by atoms with E-state index >= 15 is 0 Å². The molecule has 0 radical (unpaired) electrons. The predicted molar refractivity (Wildman–Crippen MR) is 231 cm³/mol. The number of carbonyl (C=O) groups is 3. The monoisotopic (exact) mass is 955 g/mol. The molecule has 1 amide bonds. The number of nitrogens with two attached hydrogens (primary N) is 2. The molecule has 1 unspecified atom stereocenters. The maximum absolute atomic E-state index is 14.7. The van der Waals surface area contributed by atoms with E-state index in [1.54, 1.807) is 42.5 Å². The number of benzene rings is 2. The number of nitrogen functional groups attached to an aromatic ring is 2. The van der Waals surface area contributed by atoms with Crippen molar-refractivity contribution in [2.45, 2.75) is 75.4 Å². The van der Waals surface area contributed by atoms with E-state index in [2.05, 4.69) is 25.3 Å². The summed E-state index contributed by atoms with van der Waals surface area (Å²) in [7, 11) is -5.09. The summed E-state index contributed by atoms with van der Waals surface area (Å²) >= 11 is 0.807. The van der Waals surface area contributed by atoms with Crippen molar-refractivity contribution in [3.63, 3.8) is 0 Å². The Hall–Kier alpha value is -5.23. The largest absolute Gasteiger partial charge is 0.469 e. The highest BCUT2D eigenvalue weighted by Gasteiger charge is 2.46. The Morgan fingerprint density at radius 3 is 2.31 bits per heavy atom. The molecule has 8 N–H and O–H groups in total. The number of rotatable bonds is 18. The second-order valence-electron chi connectivity index (χ2n) is 15.2. The number of amides is 1. The van der Waals surface area contributed by atoms with Gasteiger partial charge in [0.25, 0.3) is 0 Å². The zero-order valence-corrected chi connectivity index (χ0v) is 36.8. The maximum Gasteiger partial charge on any atom is 0.469 e. The molecule has 1 aliphatic carbocycles. The summed E-state index contributed by atoms with van der Waals surface area (Å²) in [6.07, 6.45) is -1.50. The number of aliphatic hydroxyl groups excluding tert-OH is 1. The van der Waals surface area contributed by atoms with Crippen LogP contribution in [0.3, 0.4) is 0 Å². The molecule has 2 aliphatic heterocycles. The number of hydrogen-bond donors (Lipinski definition) is 6. The highest BCUT2D eigenvalue weighted by atomic mass is 32.7. The fraction of sp³-hybridized carbons (Fsp3) is 0.385. The molecule has 0 spiro atoms. The number of fused-ring (bicyclic) bond motifs is 3. The number of nitrogens with one attached hydrogen (secondary N) is 1. The molecule has 26 heteroatoms. The number of aliphatic hydroxyl groups is 1. The third kappa shape index (κ3) is 10.3. The first kappa shape index (κ1) is 46.3. The van der Waals surface area contributed by atoms with Gasteiger partial charge in [-0.05, 0) is 36.4 Å². The van der Waals surface area contributed by atoms with Crippen molar-refractivity contribution >= 4 is 72.0 Å². The first-order valence-electron chi connectivity index (χ1n) is 20.2. The maximum atomic E-state index is 14.7. The molecule has 2 fully saturated rings. The molecule has 344 valence electrons. The van der Waals surface area contributed by atoms with Crippen LogP contribution in [0.2, 0.25) is 0 Å². The Morgan fingerprint density at radius 1 is 0.862 bits per heavy atom. The lowest BCUT2D eigenvalue weighted by Gasteiger charge is -2.26. The smallest absolute Gasteiger partial charge is 0.394 e. The number of imidazole rings is 1. The third-order valence-electron chi connectivity index (χ3n) is 10.9. The molecule has 2 aromatic carbocycles. The fourth-order valence-corrected chi connectivity index (χ4v) is 12.0. The highest BCUT2D eigenvalue weighted by molar-refractivity contribution is 8.55. The predicted octanol–water partition coefficient (Wildman–Crippen LogP) is 3.51. The summed E-state index contributed by atoms with van der Waals surface area (Å²) in [5.74, 6) is -0.812. The highest BCUT2D eigenvalue weighted by Crippen LogP contribution is 2.63. The van der Waals surface area contributed by atoms with Gasteiger partial charge in [0.2, 0.25) is 5.91 Å². The van der Waals surface area contributed by atoms with E-state index in [4.69, 9.17) is 34.5 Å². The molecule has 23 nitrogen and oxygen atoms in total. The number of phosphoric ester groups is 1. The quantitative estimate of drug-likeness (QED) is 0.0530.